The molecule has 4 rings (SSSR count). The summed E-state index contributed by atoms with van der Waals surface area (Å²) in [6.45, 7) is 2.74. The number of carbonyl (C=O) groups is 1. The fraction of sp³-hybridized carbons (Fsp3) is 0.400. The van der Waals surface area contributed by atoms with Crippen molar-refractivity contribution < 1.29 is 14.6 Å². The van der Waals surface area contributed by atoms with Gasteiger partial charge in [-0.3, -0.25) is 4.98 Å². The van der Waals surface area contributed by atoms with E-state index in [0.29, 0.717) is 36.4 Å². The average Bonchev–Trinajstić information content (AvgIpc) is 2.82. The van der Waals surface area contributed by atoms with Crippen LogP contribution in [0.3, 0.4) is 0 Å². The van der Waals surface area contributed by atoms with Gasteiger partial charge in [0, 0.05) is 30.1 Å². The lowest BCUT2D eigenvalue weighted by Gasteiger charge is -2.28. The Kier molecular flexibility index (Phi) is 7.24. The predicted octanol–water partition coefficient (Wildman–Crippen LogP) is 3.58. The largest absolute Gasteiger partial charge is 0.480 e. The molecule has 8 nitrogen and oxygen atoms in total. The second kappa shape index (κ2) is 10.5. The number of aliphatic carboxylic acids is 1. The van der Waals surface area contributed by atoms with E-state index in [1.165, 1.54) is 4.68 Å². The van der Waals surface area contributed by atoms with E-state index in [4.69, 9.17) is 14.9 Å². The summed E-state index contributed by atoms with van der Waals surface area (Å²) in [6, 6.07) is 11.7. The number of aromatic nitrogens is 4. The van der Waals surface area contributed by atoms with E-state index in [0.717, 1.165) is 42.4 Å². The molecule has 0 bridgehead atoms. The molecule has 1 aliphatic carbocycles. The Morgan fingerprint density at radius 2 is 1.79 bits per heavy atom. The maximum atomic E-state index is 12.9. The van der Waals surface area contributed by atoms with Gasteiger partial charge in [-0.2, -0.15) is 10.1 Å². The highest BCUT2D eigenvalue weighted by molar-refractivity contribution is 5.76. The van der Waals surface area contributed by atoms with Gasteiger partial charge >= 0.3 is 11.7 Å². The number of aryl methyl sites for hydroxylation is 1. The standard InChI is InChI=1S/C25H28N4O4/c1-17-4-10-20(11-5-17)23-24(21-3-2-12-26-13-21)28-29(25(32)27-23)14-18-6-8-19(9-7-18)15-33-16-22(30)31/h2-5,10-13,18-19H,6-9,14-16H2,1H3,(H,30,31)/t18-,19+. The topological polar surface area (TPSA) is 107 Å². The Labute approximate surface area is 192 Å². The maximum Gasteiger partial charge on any atom is 0.364 e. The molecule has 1 saturated carbocycles. The van der Waals surface area contributed by atoms with Gasteiger partial charge in [-0.05, 0) is 56.6 Å². The first-order chi connectivity index (χ1) is 16.0. The number of hydrogen-bond donors (Lipinski definition) is 1. The number of hydrogen-bond acceptors (Lipinski definition) is 6. The number of nitrogens with zero attached hydrogens (tertiary/aromatic N) is 4. The molecule has 2 heterocycles. The molecule has 172 valence electrons. The van der Waals surface area contributed by atoms with E-state index in [9.17, 15) is 9.59 Å². The minimum atomic E-state index is -0.944. The molecule has 0 spiro atoms. The van der Waals surface area contributed by atoms with E-state index in [1.54, 1.807) is 12.4 Å². The Balaban J connectivity index is 1.53. The molecule has 1 aromatic carbocycles. The van der Waals surface area contributed by atoms with Gasteiger partial charge in [0.2, 0.25) is 0 Å². The minimum Gasteiger partial charge on any atom is -0.480 e. The van der Waals surface area contributed by atoms with Crippen LogP contribution in [0.15, 0.2) is 53.6 Å². The Morgan fingerprint density at radius 1 is 1.06 bits per heavy atom. The lowest BCUT2D eigenvalue weighted by Crippen LogP contribution is -2.31. The Hall–Kier alpha value is -3.39. The normalized spacial score (nSPS) is 18.2. The van der Waals surface area contributed by atoms with Gasteiger partial charge in [-0.15, -0.1) is 0 Å². The van der Waals surface area contributed by atoms with Crippen molar-refractivity contribution in [2.75, 3.05) is 13.2 Å². The molecule has 8 heteroatoms. The van der Waals surface area contributed by atoms with E-state index < -0.39 is 5.97 Å². The molecule has 1 aliphatic rings. The maximum absolute atomic E-state index is 12.9. The zero-order valence-electron chi connectivity index (χ0n) is 18.7. The SMILES string of the molecule is Cc1ccc(-c2nc(=O)n(C[C@H]3CC[C@@H](COCC(=O)O)CC3)nc2-c2cccnc2)cc1. The summed E-state index contributed by atoms with van der Waals surface area (Å²) in [6.07, 6.45) is 7.22. The van der Waals surface area contributed by atoms with Crippen molar-refractivity contribution >= 4 is 5.97 Å². The summed E-state index contributed by atoms with van der Waals surface area (Å²) >= 11 is 0. The number of pyridine rings is 1. The summed E-state index contributed by atoms with van der Waals surface area (Å²) in [7, 11) is 0. The average molecular weight is 449 g/mol. The quantitative estimate of drug-likeness (QED) is 0.561. The highest BCUT2D eigenvalue weighted by Crippen LogP contribution is 2.31. The summed E-state index contributed by atoms with van der Waals surface area (Å²) in [5.41, 5.74) is 3.63. The van der Waals surface area contributed by atoms with Gasteiger partial charge in [-0.1, -0.05) is 29.8 Å². The van der Waals surface area contributed by atoms with Crippen molar-refractivity contribution in [2.45, 2.75) is 39.2 Å². The van der Waals surface area contributed by atoms with Gasteiger partial charge in [0.05, 0.1) is 6.61 Å². The molecule has 3 aromatic rings. The van der Waals surface area contributed by atoms with Gasteiger partial charge in [0.25, 0.3) is 0 Å². The summed E-state index contributed by atoms with van der Waals surface area (Å²) in [4.78, 5) is 32.2. The van der Waals surface area contributed by atoms with Crippen LogP contribution < -0.4 is 5.69 Å². The van der Waals surface area contributed by atoms with E-state index in [-0.39, 0.29) is 12.3 Å². The van der Waals surface area contributed by atoms with Crippen LogP contribution in [0.2, 0.25) is 0 Å². The minimum absolute atomic E-state index is 0.255. The van der Waals surface area contributed by atoms with Crippen LogP contribution in [-0.4, -0.2) is 44.0 Å². The fourth-order valence-corrected chi connectivity index (χ4v) is 4.28. The summed E-state index contributed by atoms with van der Waals surface area (Å²) in [5.74, 6) is -0.266. The van der Waals surface area contributed by atoms with Crippen molar-refractivity contribution in [1.82, 2.24) is 19.7 Å². The molecule has 0 saturated heterocycles. The molecule has 0 radical (unpaired) electrons. The smallest absolute Gasteiger partial charge is 0.364 e. The third kappa shape index (κ3) is 5.90. The van der Waals surface area contributed by atoms with Crippen LogP contribution in [0, 0.1) is 18.8 Å². The molecule has 2 aromatic heterocycles. The van der Waals surface area contributed by atoms with Gasteiger partial charge < -0.3 is 9.84 Å². The van der Waals surface area contributed by atoms with E-state index in [1.807, 2.05) is 43.3 Å². The lowest BCUT2D eigenvalue weighted by atomic mass is 9.82. The van der Waals surface area contributed by atoms with Crippen molar-refractivity contribution in [3.8, 4) is 22.5 Å². The number of carboxylic acid groups (broad SMARTS) is 1. The monoisotopic (exact) mass is 448 g/mol. The van der Waals surface area contributed by atoms with Gasteiger partial charge in [0.15, 0.2) is 0 Å². The zero-order valence-corrected chi connectivity index (χ0v) is 18.7. The molecular formula is C25H28N4O4. The molecule has 0 amide bonds. The van der Waals surface area contributed by atoms with Crippen molar-refractivity contribution in [3.05, 3.63) is 64.8 Å². The zero-order chi connectivity index (χ0) is 23.2. The van der Waals surface area contributed by atoms with Crippen LogP contribution >= 0.6 is 0 Å². The summed E-state index contributed by atoms with van der Waals surface area (Å²) < 4.78 is 6.73. The third-order valence-corrected chi connectivity index (χ3v) is 6.11. The second-order valence-electron chi connectivity index (χ2n) is 8.68. The fourth-order valence-electron chi connectivity index (χ4n) is 4.28. The van der Waals surface area contributed by atoms with Crippen molar-refractivity contribution in [3.63, 3.8) is 0 Å². The summed E-state index contributed by atoms with van der Waals surface area (Å²) in [5, 5.41) is 13.4. The van der Waals surface area contributed by atoms with Crippen LogP contribution in [0.4, 0.5) is 0 Å². The highest BCUT2D eigenvalue weighted by atomic mass is 16.5. The van der Waals surface area contributed by atoms with E-state index >= 15 is 0 Å². The van der Waals surface area contributed by atoms with Gasteiger partial charge in [-0.25, -0.2) is 14.3 Å². The first-order valence-electron chi connectivity index (χ1n) is 11.3. The number of carboxylic acids is 1. The van der Waals surface area contributed by atoms with Gasteiger partial charge in [0.1, 0.15) is 18.0 Å². The molecule has 0 atom stereocenters. The molecule has 1 N–H and O–H groups in total. The Bertz CT molecular complexity index is 1140. The number of benzene rings is 1. The molecule has 1 fully saturated rings. The van der Waals surface area contributed by atoms with Crippen LogP contribution in [0.5, 0.6) is 0 Å². The second-order valence-corrected chi connectivity index (χ2v) is 8.68. The molecule has 0 aliphatic heterocycles. The van der Waals surface area contributed by atoms with Crippen molar-refractivity contribution in [2.24, 2.45) is 11.8 Å². The molecular weight excluding hydrogens is 420 g/mol. The first-order valence-corrected chi connectivity index (χ1v) is 11.3. The Morgan fingerprint density at radius 3 is 2.45 bits per heavy atom. The van der Waals surface area contributed by atoms with Crippen molar-refractivity contribution in [1.29, 1.82) is 0 Å². The molecule has 33 heavy (non-hydrogen) atoms. The van der Waals surface area contributed by atoms with Crippen LogP contribution in [0.25, 0.3) is 22.5 Å². The predicted molar refractivity (Wildman–Crippen MR) is 124 cm³/mol. The lowest BCUT2D eigenvalue weighted by molar-refractivity contribution is -0.142. The number of ether oxygens (including phenoxy) is 1. The molecule has 0 unspecified atom stereocenters. The third-order valence-electron chi connectivity index (χ3n) is 6.11. The van der Waals surface area contributed by atoms with Crippen LogP contribution in [-0.2, 0) is 16.1 Å². The first kappa shape index (κ1) is 22.8. The highest BCUT2D eigenvalue weighted by Gasteiger charge is 2.23. The number of rotatable bonds is 8. The van der Waals surface area contributed by atoms with Crippen LogP contribution in [0.1, 0.15) is 31.2 Å². The van der Waals surface area contributed by atoms with E-state index in [2.05, 4.69) is 9.97 Å².